The molecule has 0 spiro atoms. The topological polar surface area (TPSA) is 224 Å². The summed E-state index contributed by atoms with van der Waals surface area (Å²) in [5.41, 5.74) is 0.553. The lowest BCUT2D eigenvalue weighted by Gasteiger charge is -2.46. The molecule has 3 aromatic carbocycles. The number of hydrogen-bond donors (Lipinski definition) is 8. The highest BCUT2D eigenvalue weighted by molar-refractivity contribution is 5.87. The smallest absolute Gasteiger partial charge is 0.331 e. The Hall–Kier alpha value is -4.98. The molecule has 0 bridgehead atoms. The zero-order valence-electron chi connectivity index (χ0n) is 22.7. The van der Waals surface area contributed by atoms with E-state index in [2.05, 4.69) is 0 Å². The summed E-state index contributed by atoms with van der Waals surface area (Å²) in [6.07, 6.45) is -8.12. The molecule has 0 saturated carbocycles. The molecule has 2 heterocycles. The molecule has 0 aromatic heterocycles. The van der Waals surface area contributed by atoms with Crippen LogP contribution in [0.4, 0.5) is 0 Å². The summed E-state index contributed by atoms with van der Waals surface area (Å²) in [5, 5.41) is 82.5. The van der Waals surface area contributed by atoms with Crippen molar-refractivity contribution in [1.82, 2.24) is 0 Å². The largest absolute Gasteiger partial charge is 0.508 e. The van der Waals surface area contributed by atoms with Crippen LogP contribution in [0.2, 0.25) is 0 Å². The number of carbonyl (C=O) groups is 2. The molecule has 0 fully saturated rings. The van der Waals surface area contributed by atoms with E-state index in [4.69, 9.17) is 14.2 Å². The number of carboxylic acid groups (broad SMARTS) is 1. The molecule has 13 heteroatoms. The number of benzene rings is 3. The van der Waals surface area contributed by atoms with Crippen LogP contribution in [0.15, 0.2) is 66.2 Å². The number of esters is 1. The van der Waals surface area contributed by atoms with E-state index in [1.54, 1.807) is 0 Å². The van der Waals surface area contributed by atoms with Crippen LogP contribution in [0.25, 0.3) is 0 Å². The first-order valence-electron chi connectivity index (χ1n) is 13.6. The van der Waals surface area contributed by atoms with Gasteiger partial charge in [0.05, 0.1) is 0 Å². The molecule has 0 saturated heterocycles. The van der Waals surface area contributed by atoms with Crippen molar-refractivity contribution in [3.8, 4) is 34.5 Å². The van der Waals surface area contributed by atoms with Gasteiger partial charge in [0.2, 0.25) is 0 Å². The maximum Gasteiger partial charge on any atom is 0.331 e. The lowest BCUT2D eigenvalue weighted by molar-refractivity contribution is -0.174. The Kier molecular flexibility index (Phi) is 7.24. The van der Waals surface area contributed by atoms with Crippen LogP contribution >= 0.6 is 0 Å². The molecule has 0 amide bonds. The summed E-state index contributed by atoms with van der Waals surface area (Å²) < 4.78 is 17.9. The van der Waals surface area contributed by atoms with Crippen LogP contribution < -0.4 is 9.47 Å². The molecular formula is C31H28O13. The van der Waals surface area contributed by atoms with Crippen molar-refractivity contribution < 1.29 is 64.7 Å². The second-order valence-corrected chi connectivity index (χ2v) is 11.0. The fourth-order valence-electron chi connectivity index (χ4n) is 6.09. The van der Waals surface area contributed by atoms with E-state index in [9.17, 15) is 50.4 Å². The van der Waals surface area contributed by atoms with E-state index in [1.165, 1.54) is 54.6 Å². The van der Waals surface area contributed by atoms with Crippen LogP contribution in [0.5, 0.6) is 34.5 Å². The summed E-state index contributed by atoms with van der Waals surface area (Å²) in [6, 6.07) is 12.0. The first-order valence-corrected chi connectivity index (χ1v) is 13.6. The number of rotatable bonds is 5. The number of aliphatic carboxylic acids is 1. The standard InChI is InChI=1S/C31H28O13/c32-15-4-1-12(2-5-15)28-25(31(41)44-22-9-14(30(39)40)8-19(36)26(22)37)24-23-20(42-28)10-16(33)11-21(23)43-29(27(24)38)13-3-6-17(34)18(35)7-13/h1-8,10-11,19,22,24-29,32-38H,9H2,(H,39,40). The molecule has 3 aromatic rings. The van der Waals surface area contributed by atoms with Crippen molar-refractivity contribution >= 4 is 11.9 Å². The van der Waals surface area contributed by atoms with Crippen molar-refractivity contribution in [2.75, 3.05) is 0 Å². The Morgan fingerprint density at radius 3 is 2.02 bits per heavy atom. The van der Waals surface area contributed by atoms with E-state index < -0.39 is 78.3 Å². The molecule has 8 unspecified atom stereocenters. The van der Waals surface area contributed by atoms with Crippen molar-refractivity contribution in [2.45, 2.75) is 49.0 Å². The van der Waals surface area contributed by atoms with Crippen molar-refractivity contribution in [3.05, 3.63) is 82.9 Å². The van der Waals surface area contributed by atoms with Gasteiger partial charge in [-0.15, -0.1) is 0 Å². The molecule has 0 radical (unpaired) electrons. The number of ether oxygens (including phenoxy) is 3. The fourth-order valence-corrected chi connectivity index (χ4v) is 6.09. The first kappa shape index (κ1) is 29.1. The number of phenols is 4. The van der Waals surface area contributed by atoms with Gasteiger partial charge in [-0.3, -0.25) is 4.79 Å². The fraction of sp³-hybridized carbons (Fsp3) is 0.290. The average molecular weight is 609 g/mol. The van der Waals surface area contributed by atoms with Gasteiger partial charge >= 0.3 is 11.9 Å². The highest BCUT2D eigenvalue weighted by Gasteiger charge is 2.54. The van der Waals surface area contributed by atoms with Crippen LogP contribution in [-0.4, -0.2) is 77.2 Å². The number of carboxylic acids is 1. The lowest BCUT2D eigenvalue weighted by Crippen LogP contribution is -2.49. The average Bonchev–Trinajstić information content (AvgIpc) is 2.98. The van der Waals surface area contributed by atoms with Crippen molar-refractivity contribution in [1.29, 1.82) is 0 Å². The van der Waals surface area contributed by atoms with Gasteiger partial charge in [0.15, 0.2) is 17.6 Å². The summed E-state index contributed by atoms with van der Waals surface area (Å²) in [7, 11) is 0. The minimum atomic E-state index is -1.65. The molecule has 2 aliphatic heterocycles. The first-order chi connectivity index (χ1) is 20.9. The van der Waals surface area contributed by atoms with Gasteiger partial charge in [-0.2, -0.15) is 0 Å². The third kappa shape index (κ3) is 5.00. The summed E-state index contributed by atoms with van der Waals surface area (Å²) >= 11 is 0. The number of carbonyl (C=O) groups excluding carboxylic acids is 1. The third-order valence-electron chi connectivity index (χ3n) is 8.21. The lowest BCUT2D eigenvalue weighted by atomic mass is 9.71. The SMILES string of the molecule is O=C(O)C1=CC(O)C(O)C(OC(=O)C2C(c3ccc(O)cc3)Oc3cc(O)cc4c3C2C(O)C(c2ccc(O)c(O)c2)O4)C1. The Balaban J connectivity index is 1.47. The number of hydrogen-bond acceptors (Lipinski definition) is 12. The van der Waals surface area contributed by atoms with Gasteiger partial charge in [-0.25, -0.2) is 4.79 Å². The van der Waals surface area contributed by atoms with E-state index in [0.29, 0.717) is 5.56 Å². The zero-order valence-corrected chi connectivity index (χ0v) is 22.7. The zero-order chi connectivity index (χ0) is 31.4. The summed E-state index contributed by atoms with van der Waals surface area (Å²) in [6.45, 7) is 0. The molecule has 44 heavy (non-hydrogen) atoms. The predicted octanol–water partition coefficient (Wildman–Crippen LogP) is 1.89. The normalized spacial score (nSPS) is 28.9. The molecule has 230 valence electrons. The number of aromatic hydroxyl groups is 4. The van der Waals surface area contributed by atoms with Gasteiger partial charge in [-0.05, 0) is 41.5 Å². The maximum absolute atomic E-state index is 14.1. The number of aliphatic hydroxyl groups is 3. The molecule has 1 aliphatic carbocycles. The van der Waals surface area contributed by atoms with Crippen LogP contribution in [0.1, 0.15) is 41.2 Å². The highest BCUT2D eigenvalue weighted by atomic mass is 16.6. The Bertz CT molecular complexity index is 1650. The summed E-state index contributed by atoms with van der Waals surface area (Å²) in [4.78, 5) is 25.8. The predicted molar refractivity (Wildman–Crippen MR) is 147 cm³/mol. The van der Waals surface area contributed by atoms with Gasteiger partial charge < -0.3 is 55.1 Å². The molecule has 3 aliphatic rings. The second kappa shape index (κ2) is 10.9. The monoisotopic (exact) mass is 608 g/mol. The van der Waals surface area contributed by atoms with Gasteiger partial charge in [0, 0.05) is 35.6 Å². The van der Waals surface area contributed by atoms with E-state index >= 15 is 0 Å². The Morgan fingerprint density at radius 1 is 0.750 bits per heavy atom. The molecular weight excluding hydrogens is 580 g/mol. The molecule has 13 nitrogen and oxygen atoms in total. The van der Waals surface area contributed by atoms with Crippen LogP contribution in [0.3, 0.4) is 0 Å². The van der Waals surface area contributed by atoms with E-state index in [0.717, 1.165) is 6.08 Å². The molecule has 6 rings (SSSR count). The minimum Gasteiger partial charge on any atom is -0.508 e. The second-order valence-electron chi connectivity index (χ2n) is 11.0. The third-order valence-corrected chi connectivity index (χ3v) is 8.21. The van der Waals surface area contributed by atoms with Crippen molar-refractivity contribution in [3.63, 3.8) is 0 Å². The maximum atomic E-state index is 14.1. The van der Waals surface area contributed by atoms with Gasteiger partial charge in [0.1, 0.15) is 59.4 Å². The van der Waals surface area contributed by atoms with Crippen molar-refractivity contribution in [2.24, 2.45) is 5.92 Å². The number of phenolic OH excluding ortho intramolecular Hbond substituents is 4. The Labute approximate surface area is 249 Å². The van der Waals surface area contributed by atoms with Crippen LogP contribution in [-0.2, 0) is 14.3 Å². The van der Waals surface area contributed by atoms with Gasteiger partial charge in [0.25, 0.3) is 0 Å². The van der Waals surface area contributed by atoms with E-state index in [1.807, 2.05) is 0 Å². The highest BCUT2D eigenvalue weighted by Crippen LogP contribution is 2.58. The Morgan fingerprint density at radius 2 is 1.39 bits per heavy atom. The minimum absolute atomic E-state index is 0.0547. The van der Waals surface area contributed by atoms with E-state index in [-0.39, 0.29) is 39.7 Å². The molecule has 8 atom stereocenters. The summed E-state index contributed by atoms with van der Waals surface area (Å²) in [5.74, 6) is -6.00. The van der Waals surface area contributed by atoms with Gasteiger partial charge in [-0.1, -0.05) is 18.2 Å². The quantitative estimate of drug-likeness (QED) is 0.153. The number of aliphatic hydroxyl groups excluding tert-OH is 3. The molecule has 8 N–H and O–H groups in total. The van der Waals surface area contributed by atoms with Crippen LogP contribution in [0, 0.1) is 5.92 Å².